The molecule has 0 aliphatic carbocycles. The topological polar surface area (TPSA) is 21.3 Å². The maximum absolute atomic E-state index is 6.27. The van der Waals surface area contributed by atoms with Crippen LogP contribution in [-0.2, 0) is 12.8 Å². The van der Waals surface area contributed by atoms with Crippen molar-refractivity contribution in [3.63, 3.8) is 0 Å². The molecule has 2 nitrogen and oxygen atoms in total. The first kappa shape index (κ1) is 16.6. The van der Waals surface area contributed by atoms with Crippen LogP contribution in [0.15, 0.2) is 12.1 Å². The van der Waals surface area contributed by atoms with Gasteiger partial charge in [0, 0.05) is 17.5 Å². The molecule has 1 heterocycles. The van der Waals surface area contributed by atoms with Gasteiger partial charge in [0.15, 0.2) is 0 Å². The Kier molecular flexibility index (Phi) is 5.56. The van der Waals surface area contributed by atoms with E-state index in [-0.39, 0.29) is 0 Å². The minimum atomic E-state index is 0.314. The van der Waals surface area contributed by atoms with Gasteiger partial charge in [-0.15, -0.1) is 0 Å². The summed E-state index contributed by atoms with van der Waals surface area (Å²) in [7, 11) is 0. The average molecular weight is 310 g/mol. The second-order valence-electron chi connectivity index (χ2n) is 7.27. The molecule has 1 aliphatic heterocycles. The number of ether oxygens (including phenoxy) is 1. The Morgan fingerprint density at radius 1 is 1.33 bits per heavy atom. The fourth-order valence-corrected chi connectivity index (χ4v) is 3.33. The van der Waals surface area contributed by atoms with Crippen LogP contribution in [0, 0.1) is 5.41 Å². The van der Waals surface area contributed by atoms with Gasteiger partial charge in [0.05, 0.1) is 6.61 Å². The molecule has 2 rings (SSSR count). The van der Waals surface area contributed by atoms with E-state index >= 15 is 0 Å². The maximum Gasteiger partial charge on any atom is 0.125 e. The van der Waals surface area contributed by atoms with Crippen molar-refractivity contribution in [3.8, 4) is 5.75 Å². The molecule has 3 heteroatoms. The Balaban J connectivity index is 2.16. The highest BCUT2D eigenvalue weighted by Crippen LogP contribution is 2.34. The van der Waals surface area contributed by atoms with Crippen LogP contribution in [0.4, 0.5) is 0 Å². The third-order valence-corrected chi connectivity index (χ3v) is 4.05. The predicted octanol–water partition coefficient (Wildman–Crippen LogP) is 4.62. The molecule has 0 radical (unpaired) electrons. The van der Waals surface area contributed by atoms with Crippen LogP contribution >= 0.6 is 11.6 Å². The smallest absolute Gasteiger partial charge is 0.125 e. The normalized spacial score (nSPS) is 15.7. The molecular weight excluding hydrogens is 282 g/mol. The lowest BCUT2D eigenvalue weighted by molar-refractivity contribution is 0.302. The fraction of sp³-hybridized carbons (Fsp3) is 0.667. The maximum atomic E-state index is 6.27. The minimum Gasteiger partial charge on any atom is -0.493 e. The molecule has 1 aliphatic rings. The number of benzene rings is 1. The lowest BCUT2D eigenvalue weighted by atomic mass is 9.85. The van der Waals surface area contributed by atoms with Crippen molar-refractivity contribution in [2.75, 3.05) is 13.2 Å². The molecule has 1 aromatic carbocycles. The molecule has 0 saturated carbocycles. The van der Waals surface area contributed by atoms with Crippen LogP contribution in [0.3, 0.4) is 0 Å². The second-order valence-corrected chi connectivity index (χ2v) is 7.71. The van der Waals surface area contributed by atoms with Gasteiger partial charge in [-0.25, -0.2) is 0 Å². The zero-order chi connectivity index (χ0) is 15.5. The lowest BCUT2D eigenvalue weighted by Gasteiger charge is -2.27. The first-order valence-electron chi connectivity index (χ1n) is 8.06. The quantitative estimate of drug-likeness (QED) is 0.827. The van der Waals surface area contributed by atoms with Gasteiger partial charge in [-0.3, -0.25) is 0 Å². The van der Waals surface area contributed by atoms with E-state index in [9.17, 15) is 0 Å². The summed E-state index contributed by atoms with van der Waals surface area (Å²) in [6.45, 7) is 11.0. The second kappa shape index (κ2) is 7.02. The Hall–Kier alpha value is -0.730. The summed E-state index contributed by atoms with van der Waals surface area (Å²) in [4.78, 5) is 0. The van der Waals surface area contributed by atoms with Crippen molar-refractivity contribution in [3.05, 3.63) is 28.3 Å². The van der Waals surface area contributed by atoms with E-state index in [0.717, 1.165) is 49.6 Å². The number of hydrogen-bond donors (Lipinski definition) is 1. The molecule has 1 aromatic rings. The summed E-state index contributed by atoms with van der Waals surface area (Å²) >= 11 is 6.27. The molecule has 21 heavy (non-hydrogen) atoms. The zero-order valence-electron chi connectivity index (χ0n) is 13.8. The van der Waals surface area contributed by atoms with Crippen molar-refractivity contribution >= 4 is 11.6 Å². The summed E-state index contributed by atoms with van der Waals surface area (Å²) in [5.41, 5.74) is 2.84. The SMILES string of the molecule is CCCNC(Cc1cc(Cl)cc2c1OCC2)CC(C)(C)C. The number of rotatable bonds is 6. The van der Waals surface area contributed by atoms with Crippen molar-refractivity contribution in [1.82, 2.24) is 5.32 Å². The van der Waals surface area contributed by atoms with E-state index < -0.39 is 0 Å². The van der Waals surface area contributed by atoms with E-state index in [2.05, 4.69) is 39.1 Å². The first-order valence-corrected chi connectivity index (χ1v) is 8.44. The van der Waals surface area contributed by atoms with Crippen molar-refractivity contribution in [2.24, 2.45) is 5.41 Å². The van der Waals surface area contributed by atoms with Crippen molar-refractivity contribution in [1.29, 1.82) is 0 Å². The predicted molar refractivity (Wildman–Crippen MR) is 90.5 cm³/mol. The van der Waals surface area contributed by atoms with Crippen LogP contribution in [0.2, 0.25) is 5.02 Å². The molecule has 0 bridgehead atoms. The molecule has 1 N–H and O–H groups in total. The van der Waals surface area contributed by atoms with Gasteiger partial charge in [-0.05, 0) is 54.5 Å². The molecule has 0 amide bonds. The fourth-order valence-electron chi connectivity index (χ4n) is 3.07. The van der Waals surface area contributed by atoms with Gasteiger partial charge in [0.1, 0.15) is 5.75 Å². The minimum absolute atomic E-state index is 0.314. The van der Waals surface area contributed by atoms with E-state index in [0.29, 0.717) is 11.5 Å². The standard InChI is InChI=1S/C18H28ClNO/c1-5-7-20-16(12-18(2,3)4)11-14-10-15(19)9-13-6-8-21-17(13)14/h9-10,16,20H,5-8,11-12H2,1-4H3. The molecule has 0 aromatic heterocycles. The zero-order valence-corrected chi connectivity index (χ0v) is 14.5. The number of nitrogens with one attached hydrogen (secondary N) is 1. The van der Waals surface area contributed by atoms with Gasteiger partial charge in [-0.2, -0.15) is 0 Å². The number of halogens is 1. The van der Waals surface area contributed by atoms with Crippen LogP contribution in [-0.4, -0.2) is 19.2 Å². The van der Waals surface area contributed by atoms with Gasteiger partial charge < -0.3 is 10.1 Å². The van der Waals surface area contributed by atoms with E-state index in [4.69, 9.17) is 16.3 Å². The summed E-state index contributed by atoms with van der Waals surface area (Å²) in [5.74, 6) is 1.08. The third-order valence-electron chi connectivity index (χ3n) is 3.83. The number of fused-ring (bicyclic) bond motifs is 1. The van der Waals surface area contributed by atoms with Crippen LogP contribution < -0.4 is 10.1 Å². The highest BCUT2D eigenvalue weighted by Gasteiger charge is 2.23. The summed E-state index contributed by atoms with van der Waals surface area (Å²) in [5, 5.41) is 4.52. The van der Waals surface area contributed by atoms with Crippen LogP contribution in [0.1, 0.15) is 51.7 Å². The molecule has 0 spiro atoms. The van der Waals surface area contributed by atoms with Crippen LogP contribution in [0.5, 0.6) is 5.75 Å². The largest absolute Gasteiger partial charge is 0.493 e. The third kappa shape index (κ3) is 4.89. The Labute approximate surface area is 134 Å². The lowest BCUT2D eigenvalue weighted by Crippen LogP contribution is -2.35. The average Bonchev–Trinajstić information content (AvgIpc) is 2.82. The van der Waals surface area contributed by atoms with Gasteiger partial charge in [0.2, 0.25) is 0 Å². The monoisotopic (exact) mass is 309 g/mol. The summed E-state index contributed by atoms with van der Waals surface area (Å²) in [6, 6.07) is 4.59. The molecule has 0 fully saturated rings. The first-order chi connectivity index (χ1) is 9.89. The van der Waals surface area contributed by atoms with Gasteiger partial charge >= 0.3 is 0 Å². The Morgan fingerprint density at radius 2 is 2.10 bits per heavy atom. The highest BCUT2D eigenvalue weighted by molar-refractivity contribution is 6.30. The van der Waals surface area contributed by atoms with Gasteiger partial charge in [0.25, 0.3) is 0 Å². The summed E-state index contributed by atoms with van der Waals surface area (Å²) < 4.78 is 5.83. The molecule has 0 saturated heterocycles. The molecule has 118 valence electrons. The summed E-state index contributed by atoms with van der Waals surface area (Å²) in [6.07, 6.45) is 4.27. The van der Waals surface area contributed by atoms with Gasteiger partial charge in [-0.1, -0.05) is 39.3 Å². The van der Waals surface area contributed by atoms with E-state index in [1.165, 1.54) is 11.1 Å². The Bertz CT molecular complexity index is 479. The van der Waals surface area contributed by atoms with E-state index in [1.54, 1.807) is 0 Å². The molecular formula is C18H28ClNO. The van der Waals surface area contributed by atoms with E-state index in [1.807, 2.05) is 6.07 Å². The highest BCUT2D eigenvalue weighted by atomic mass is 35.5. The van der Waals surface area contributed by atoms with Crippen LogP contribution in [0.25, 0.3) is 0 Å². The van der Waals surface area contributed by atoms with Crippen molar-refractivity contribution in [2.45, 2.75) is 59.4 Å². The number of hydrogen-bond acceptors (Lipinski definition) is 2. The van der Waals surface area contributed by atoms with Crippen molar-refractivity contribution < 1.29 is 4.74 Å². The Morgan fingerprint density at radius 3 is 2.76 bits per heavy atom. The molecule has 1 unspecified atom stereocenters. The molecule has 1 atom stereocenters.